The van der Waals surface area contributed by atoms with Crippen molar-refractivity contribution >= 4 is 17.3 Å². The zero-order valence-electron chi connectivity index (χ0n) is 16.5. The molecule has 7 nitrogen and oxygen atoms in total. The average molecular weight is 402 g/mol. The maximum absolute atomic E-state index is 13.0. The van der Waals surface area contributed by atoms with Crippen molar-refractivity contribution < 1.29 is 14.8 Å². The number of fused-ring (bicyclic) bond motifs is 4. The molecule has 0 fully saturated rings. The number of allylic oxidation sites excluding steroid dienone is 1. The van der Waals surface area contributed by atoms with Crippen molar-refractivity contribution in [2.24, 2.45) is 0 Å². The molecule has 0 saturated heterocycles. The molecular formula is C23H20N3O4+. The van der Waals surface area contributed by atoms with E-state index in [1.165, 1.54) is 4.57 Å². The molecule has 0 spiro atoms. The Labute approximate surface area is 171 Å². The minimum absolute atomic E-state index is 0.125. The van der Waals surface area contributed by atoms with Crippen molar-refractivity contribution in [1.29, 1.82) is 0 Å². The van der Waals surface area contributed by atoms with Gasteiger partial charge in [-0.2, -0.15) is 4.57 Å². The number of hydrogen-bond acceptors (Lipinski definition) is 4. The van der Waals surface area contributed by atoms with Crippen LogP contribution in [0.1, 0.15) is 35.1 Å². The molecule has 2 aliphatic rings. The van der Waals surface area contributed by atoms with E-state index in [0.29, 0.717) is 40.5 Å². The van der Waals surface area contributed by atoms with Crippen LogP contribution < -0.4 is 21.0 Å². The van der Waals surface area contributed by atoms with Crippen LogP contribution in [0.15, 0.2) is 63.7 Å². The van der Waals surface area contributed by atoms with Gasteiger partial charge < -0.3 is 9.84 Å². The SMILES string of the molecule is CCn1c2c(c(=O)[nH]c1=O)C(c1cccc(OC)c1)C1=C(O)c3ccccc3C1=[NH+]2. The molecule has 3 aromatic rings. The van der Waals surface area contributed by atoms with Gasteiger partial charge in [0.1, 0.15) is 22.8 Å². The molecule has 150 valence electrons. The third kappa shape index (κ3) is 2.41. The third-order valence-electron chi connectivity index (χ3n) is 5.78. The fourth-order valence-corrected chi connectivity index (χ4v) is 4.44. The summed E-state index contributed by atoms with van der Waals surface area (Å²) < 4.78 is 6.89. The number of rotatable bonds is 3. The molecule has 1 aliphatic heterocycles. The molecule has 0 saturated carbocycles. The molecule has 1 aliphatic carbocycles. The Hall–Kier alpha value is -3.87. The summed E-state index contributed by atoms with van der Waals surface area (Å²) in [4.78, 5) is 31.2. The zero-order chi connectivity index (χ0) is 21.0. The minimum atomic E-state index is -0.569. The van der Waals surface area contributed by atoms with Crippen molar-refractivity contribution in [3.05, 3.63) is 97.2 Å². The molecule has 2 aromatic carbocycles. The average Bonchev–Trinajstić information content (AvgIpc) is 3.05. The molecule has 2 heterocycles. The van der Waals surface area contributed by atoms with Gasteiger partial charge in [0.05, 0.1) is 25.1 Å². The van der Waals surface area contributed by atoms with E-state index in [-0.39, 0.29) is 5.76 Å². The summed E-state index contributed by atoms with van der Waals surface area (Å²) in [6.07, 6.45) is 0. The summed E-state index contributed by atoms with van der Waals surface area (Å²) in [5.74, 6) is 0.647. The molecule has 3 N–H and O–H groups in total. The summed E-state index contributed by atoms with van der Waals surface area (Å²) in [7, 11) is 1.58. The first-order valence-electron chi connectivity index (χ1n) is 9.73. The lowest BCUT2D eigenvalue weighted by atomic mass is 9.81. The van der Waals surface area contributed by atoms with E-state index in [1.807, 2.05) is 55.5 Å². The first-order valence-corrected chi connectivity index (χ1v) is 9.73. The number of hydrogen-bond donors (Lipinski definition) is 3. The second-order valence-electron chi connectivity index (χ2n) is 7.28. The van der Waals surface area contributed by atoms with Crippen LogP contribution >= 0.6 is 0 Å². The lowest BCUT2D eigenvalue weighted by Crippen LogP contribution is -2.72. The number of nitrogens with one attached hydrogen (secondary N) is 2. The molecule has 1 atom stereocenters. The van der Waals surface area contributed by atoms with Gasteiger partial charge in [0, 0.05) is 11.1 Å². The highest BCUT2D eigenvalue weighted by Crippen LogP contribution is 2.43. The lowest BCUT2D eigenvalue weighted by Gasteiger charge is -2.23. The van der Waals surface area contributed by atoms with Crippen LogP contribution in [0, 0.1) is 0 Å². The summed E-state index contributed by atoms with van der Waals surface area (Å²) in [6.45, 7) is 2.23. The third-order valence-corrected chi connectivity index (χ3v) is 5.78. The summed E-state index contributed by atoms with van der Waals surface area (Å²) in [5.41, 5.74) is 3.08. The zero-order valence-corrected chi connectivity index (χ0v) is 16.5. The van der Waals surface area contributed by atoms with Gasteiger partial charge in [-0.1, -0.05) is 30.3 Å². The van der Waals surface area contributed by atoms with Gasteiger partial charge in [-0.05, 0) is 30.7 Å². The monoisotopic (exact) mass is 402 g/mol. The van der Waals surface area contributed by atoms with Crippen LogP contribution in [0.5, 0.6) is 5.75 Å². The molecule has 30 heavy (non-hydrogen) atoms. The number of aromatic nitrogens is 2. The van der Waals surface area contributed by atoms with E-state index in [4.69, 9.17) is 4.74 Å². The second-order valence-corrected chi connectivity index (χ2v) is 7.28. The number of benzene rings is 2. The van der Waals surface area contributed by atoms with Crippen LogP contribution in [-0.2, 0) is 6.54 Å². The highest BCUT2D eigenvalue weighted by Gasteiger charge is 2.44. The van der Waals surface area contributed by atoms with Crippen molar-refractivity contribution in [2.45, 2.75) is 19.4 Å². The van der Waals surface area contributed by atoms with E-state index in [9.17, 15) is 14.7 Å². The molecule has 0 amide bonds. The Morgan fingerprint density at radius 1 is 1.13 bits per heavy atom. The Morgan fingerprint density at radius 2 is 1.90 bits per heavy atom. The van der Waals surface area contributed by atoms with Crippen molar-refractivity contribution in [3.63, 3.8) is 0 Å². The summed E-state index contributed by atoms with van der Waals surface area (Å²) in [5, 5.41) is 11.1. The van der Waals surface area contributed by atoms with Gasteiger partial charge in [-0.25, -0.2) is 9.79 Å². The van der Waals surface area contributed by atoms with E-state index in [1.54, 1.807) is 7.11 Å². The summed E-state index contributed by atoms with van der Waals surface area (Å²) >= 11 is 0. The Bertz CT molecular complexity index is 1380. The largest absolute Gasteiger partial charge is 0.507 e. The standard InChI is InChI=1S/C23H19N3O4/c1-3-26-21-18(22(28)25-23(26)29)16(12-7-6-8-13(11-12)30-2)17-19(24-21)14-9-4-5-10-15(14)20(17)27/h4-11,16,27H,3H2,1-2H3,(H,25,28,29)/p+1. The number of aromatic amines is 1. The predicted octanol–water partition coefficient (Wildman–Crippen LogP) is 1.19. The maximum atomic E-state index is 13.0. The van der Waals surface area contributed by atoms with E-state index in [0.717, 1.165) is 11.1 Å². The van der Waals surface area contributed by atoms with Crippen LogP contribution in [0.2, 0.25) is 0 Å². The quantitative estimate of drug-likeness (QED) is 0.613. The normalized spacial score (nSPS) is 16.6. The summed E-state index contributed by atoms with van der Waals surface area (Å²) in [6, 6.07) is 14.9. The van der Waals surface area contributed by atoms with Crippen LogP contribution in [-0.4, -0.2) is 27.5 Å². The first-order chi connectivity index (χ1) is 14.5. The smallest absolute Gasteiger partial charge is 0.415 e. The molecular weight excluding hydrogens is 382 g/mol. The molecule has 0 radical (unpaired) electrons. The Balaban J connectivity index is 1.92. The fourth-order valence-electron chi connectivity index (χ4n) is 4.44. The minimum Gasteiger partial charge on any atom is -0.507 e. The van der Waals surface area contributed by atoms with Gasteiger partial charge in [0.25, 0.3) is 11.4 Å². The topological polar surface area (TPSA) is 98.3 Å². The highest BCUT2D eigenvalue weighted by atomic mass is 16.5. The van der Waals surface area contributed by atoms with Gasteiger partial charge in [-0.15, -0.1) is 0 Å². The number of nitrogens with zero attached hydrogens (tertiary/aromatic N) is 1. The Kier molecular flexibility index (Phi) is 3.99. The number of aliphatic hydroxyl groups is 1. The lowest BCUT2D eigenvalue weighted by molar-refractivity contribution is -0.364. The predicted molar refractivity (Wildman–Crippen MR) is 113 cm³/mol. The van der Waals surface area contributed by atoms with Gasteiger partial charge in [0.2, 0.25) is 0 Å². The first kappa shape index (κ1) is 18.2. The molecule has 5 rings (SSSR count). The second kappa shape index (κ2) is 6.59. The van der Waals surface area contributed by atoms with Crippen molar-refractivity contribution in [2.75, 3.05) is 7.11 Å². The van der Waals surface area contributed by atoms with Crippen LogP contribution in [0.3, 0.4) is 0 Å². The molecule has 7 heteroatoms. The van der Waals surface area contributed by atoms with E-state index < -0.39 is 17.2 Å². The number of methoxy groups -OCH3 is 1. The van der Waals surface area contributed by atoms with Crippen LogP contribution in [0.25, 0.3) is 5.76 Å². The maximum Gasteiger partial charge on any atom is 0.415 e. The van der Waals surface area contributed by atoms with Gasteiger partial charge in [-0.3, -0.25) is 9.78 Å². The van der Waals surface area contributed by atoms with Gasteiger partial charge >= 0.3 is 5.69 Å². The van der Waals surface area contributed by atoms with E-state index >= 15 is 0 Å². The van der Waals surface area contributed by atoms with Gasteiger partial charge in [0.15, 0.2) is 0 Å². The molecule has 0 bridgehead atoms. The van der Waals surface area contributed by atoms with E-state index in [2.05, 4.69) is 9.98 Å². The number of H-pyrrole nitrogens is 1. The fraction of sp³-hybridized carbons (Fsp3) is 0.174. The molecule has 1 aromatic heterocycles. The van der Waals surface area contributed by atoms with Crippen molar-refractivity contribution in [3.8, 4) is 5.75 Å². The number of aliphatic hydroxyl groups excluding tert-OH is 1. The van der Waals surface area contributed by atoms with Crippen LogP contribution in [0.4, 0.5) is 5.82 Å². The number of ether oxygens (including phenoxy) is 1. The Morgan fingerprint density at radius 3 is 2.63 bits per heavy atom. The van der Waals surface area contributed by atoms with Crippen molar-refractivity contribution in [1.82, 2.24) is 9.55 Å². The highest BCUT2D eigenvalue weighted by molar-refractivity contribution is 6.21. The molecule has 1 unspecified atom stereocenters.